The average Bonchev–Trinajstić information content (AvgIpc) is 2.64. The number of ether oxygens (including phenoxy) is 2. The van der Waals surface area contributed by atoms with Crippen LogP contribution in [-0.2, 0) is 23.9 Å². The van der Waals surface area contributed by atoms with E-state index in [0.717, 1.165) is 5.69 Å². The van der Waals surface area contributed by atoms with Crippen LogP contribution in [0.4, 0.5) is 5.69 Å². The minimum atomic E-state index is -1.17. The highest BCUT2D eigenvalue weighted by atomic mass is 35.5. The van der Waals surface area contributed by atoms with Crippen LogP contribution in [0.15, 0.2) is 24.3 Å². The van der Waals surface area contributed by atoms with E-state index in [4.69, 9.17) is 32.7 Å². The zero-order chi connectivity index (χ0) is 21.1. The van der Waals surface area contributed by atoms with Crippen LogP contribution in [0.5, 0.6) is 0 Å². The number of carbonyl (C=O) groups excluding carboxylic acids is 3. The first kappa shape index (κ1) is 24.0. The number of benzene rings is 1. The summed E-state index contributed by atoms with van der Waals surface area (Å²) in [4.78, 5) is 37.7. The van der Waals surface area contributed by atoms with Gasteiger partial charge in [0.05, 0.1) is 6.61 Å². The molecule has 1 rings (SSSR count). The fourth-order valence-electron chi connectivity index (χ4n) is 2.69. The standard InChI is InChI=1S/C19H26Cl2N2O5/c1-4-27-19(26)17(22-13(2)24)18(28-14(3)25)15-6-5-7-16(12-15)23(10-8-20)11-9-21/h5-7,12,17-18H,4,8-11H2,1-3H3,(H,22,24)/t17-,18+/m0/s1. The summed E-state index contributed by atoms with van der Waals surface area (Å²) in [6.07, 6.45) is -1.05. The molecule has 0 unspecified atom stereocenters. The molecule has 0 bridgehead atoms. The predicted octanol–water partition coefficient (Wildman–Crippen LogP) is 2.64. The van der Waals surface area contributed by atoms with Crippen molar-refractivity contribution < 1.29 is 23.9 Å². The summed E-state index contributed by atoms with van der Waals surface area (Å²) in [6, 6.07) is 5.95. The molecule has 28 heavy (non-hydrogen) atoms. The smallest absolute Gasteiger partial charge is 0.332 e. The minimum Gasteiger partial charge on any atom is -0.464 e. The number of rotatable bonds is 11. The number of nitrogens with zero attached hydrogens (tertiary/aromatic N) is 1. The van der Waals surface area contributed by atoms with E-state index in [2.05, 4.69) is 5.32 Å². The van der Waals surface area contributed by atoms with Gasteiger partial charge in [-0.2, -0.15) is 0 Å². The molecule has 1 aromatic carbocycles. The molecule has 7 nitrogen and oxygen atoms in total. The summed E-state index contributed by atoms with van der Waals surface area (Å²) in [5.41, 5.74) is 1.34. The van der Waals surface area contributed by atoms with Gasteiger partial charge in [-0.15, -0.1) is 23.2 Å². The molecule has 0 aromatic heterocycles. The SMILES string of the molecule is CCOC(=O)[C@@H](NC(C)=O)[C@H](OC(C)=O)c1cccc(N(CCCl)CCCl)c1. The molecule has 0 spiro atoms. The zero-order valence-electron chi connectivity index (χ0n) is 16.2. The van der Waals surface area contributed by atoms with Crippen molar-refractivity contribution in [2.75, 3.05) is 36.4 Å². The molecule has 1 aromatic rings. The van der Waals surface area contributed by atoms with Crippen molar-refractivity contribution in [1.29, 1.82) is 0 Å². The van der Waals surface area contributed by atoms with Crippen LogP contribution in [0, 0.1) is 0 Å². The zero-order valence-corrected chi connectivity index (χ0v) is 17.8. The summed E-state index contributed by atoms with van der Waals surface area (Å²) in [6.45, 7) is 5.43. The minimum absolute atomic E-state index is 0.126. The van der Waals surface area contributed by atoms with E-state index in [1.54, 1.807) is 25.1 Å². The van der Waals surface area contributed by atoms with Crippen molar-refractivity contribution in [1.82, 2.24) is 5.32 Å². The first-order valence-electron chi connectivity index (χ1n) is 8.91. The second-order valence-corrected chi connectivity index (χ2v) is 6.68. The summed E-state index contributed by atoms with van der Waals surface area (Å²) in [5.74, 6) is -0.907. The molecular weight excluding hydrogens is 407 g/mol. The Labute approximate surface area is 175 Å². The monoisotopic (exact) mass is 432 g/mol. The van der Waals surface area contributed by atoms with Crippen molar-refractivity contribution >= 4 is 46.7 Å². The Morgan fingerprint density at radius 2 is 1.79 bits per heavy atom. The van der Waals surface area contributed by atoms with Gasteiger partial charge in [-0.1, -0.05) is 12.1 Å². The lowest BCUT2D eigenvalue weighted by Gasteiger charge is -2.28. The molecule has 0 saturated heterocycles. The lowest BCUT2D eigenvalue weighted by Crippen LogP contribution is -2.46. The van der Waals surface area contributed by atoms with Crippen molar-refractivity contribution in [3.05, 3.63) is 29.8 Å². The fourth-order valence-corrected chi connectivity index (χ4v) is 3.10. The van der Waals surface area contributed by atoms with E-state index in [1.165, 1.54) is 13.8 Å². The summed E-state index contributed by atoms with van der Waals surface area (Å²) < 4.78 is 10.4. The van der Waals surface area contributed by atoms with E-state index in [0.29, 0.717) is 30.4 Å². The lowest BCUT2D eigenvalue weighted by molar-refractivity contribution is -0.159. The number of hydrogen-bond acceptors (Lipinski definition) is 6. The molecule has 0 aliphatic heterocycles. The number of alkyl halides is 2. The Bertz CT molecular complexity index is 665. The topological polar surface area (TPSA) is 84.9 Å². The number of nitrogens with one attached hydrogen (secondary N) is 1. The van der Waals surface area contributed by atoms with Gasteiger partial charge in [-0.3, -0.25) is 9.59 Å². The Morgan fingerprint density at radius 3 is 2.29 bits per heavy atom. The highest BCUT2D eigenvalue weighted by Crippen LogP contribution is 2.27. The molecule has 0 aliphatic carbocycles. The average molecular weight is 433 g/mol. The second kappa shape index (κ2) is 12.5. The Balaban J connectivity index is 3.33. The van der Waals surface area contributed by atoms with Crippen LogP contribution >= 0.6 is 23.2 Å². The quantitative estimate of drug-likeness (QED) is 0.427. The van der Waals surface area contributed by atoms with E-state index in [1.807, 2.05) is 11.0 Å². The van der Waals surface area contributed by atoms with E-state index >= 15 is 0 Å². The number of hydrogen-bond donors (Lipinski definition) is 1. The van der Waals surface area contributed by atoms with E-state index in [-0.39, 0.29) is 6.61 Å². The van der Waals surface area contributed by atoms with Gasteiger partial charge in [0.1, 0.15) is 0 Å². The third-order valence-electron chi connectivity index (χ3n) is 3.77. The maximum atomic E-state index is 12.4. The molecule has 156 valence electrons. The van der Waals surface area contributed by atoms with Crippen molar-refractivity contribution in [3.8, 4) is 0 Å². The van der Waals surface area contributed by atoms with Crippen molar-refractivity contribution in [2.45, 2.75) is 32.9 Å². The molecule has 2 atom stereocenters. The predicted molar refractivity (Wildman–Crippen MR) is 109 cm³/mol. The Kier molecular flexibility index (Phi) is 10.7. The van der Waals surface area contributed by atoms with Crippen molar-refractivity contribution in [3.63, 3.8) is 0 Å². The van der Waals surface area contributed by atoms with Gasteiger partial charge >= 0.3 is 11.9 Å². The normalized spacial score (nSPS) is 12.6. The highest BCUT2D eigenvalue weighted by molar-refractivity contribution is 6.18. The molecular formula is C19H26Cl2N2O5. The molecule has 1 N–H and O–H groups in total. The maximum absolute atomic E-state index is 12.4. The summed E-state index contributed by atoms with van der Waals surface area (Å²) in [7, 11) is 0. The van der Waals surface area contributed by atoms with Gasteiger partial charge in [0.15, 0.2) is 12.1 Å². The summed E-state index contributed by atoms with van der Waals surface area (Å²) in [5, 5.41) is 2.52. The number of halogens is 2. The van der Waals surface area contributed by atoms with Gasteiger partial charge in [0.2, 0.25) is 5.91 Å². The Morgan fingerprint density at radius 1 is 1.14 bits per heavy atom. The molecule has 0 aliphatic rings. The Hall–Kier alpha value is -1.99. The number of carbonyl (C=O) groups is 3. The number of amides is 1. The lowest BCUT2D eigenvalue weighted by atomic mass is 10.0. The van der Waals surface area contributed by atoms with Gasteiger partial charge in [-0.05, 0) is 24.6 Å². The first-order valence-corrected chi connectivity index (χ1v) is 9.98. The van der Waals surface area contributed by atoms with Gasteiger partial charge < -0.3 is 19.7 Å². The third-order valence-corrected chi connectivity index (χ3v) is 4.11. The highest BCUT2D eigenvalue weighted by Gasteiger charge is 2.34. The number of esters is 2. The van der Waals surface area contributed by atoms with Gasteiger partial charge in [0, 0.05) is 44.4 Å². The first-order chi connectivity index (χ1) is 13.3. The van der Waals surface area contributed by atoms with Crippen LogP contribution in [0.1, 0.15) is 32.4 Å². The van der Waals surface area contributed by atoms with E-state index in [9.17, 15) is 14.4 Å². The third kappa shape index (κ3) is 7.56. The van der Waals surface area contributed by atoms with Crippen LogP contribution in [0.3, 0.4) is 0 Å². The number of anilines is 1. The molecule has 1 amide bonds. The van der Waals surface area contributed by atoms with Crippen LogP contribution in [0.25, 0.3) is 0 Å². The fraction of sp³-hybridized carbons (Fsp3) is 0.526. The maximum Gasteiger partial charge on any atom is 0.332 e. The molecule has 0 radical (unpaired) electrons. The second-order valence-electron chi connectivity index (χ2n) is 5.92. The van der Waals surface area contributed by atoms with Crippen LogP contribution in [0.2, 0.25) is 0 Å². The van der Waals surface area contributed by atoms with Crippen LogP contribution in [-0.4, -0.2) is 55.3 Å². The van der Waals surface area contributed by atoms with E-state index < -0.39 is 30.0 Å². The van der Waals surface area contributed by atoms with Gasteiger partial charge in [0.25, 0.3) is 0 Å². The van der Waals surface area contributed by atoms with Crippen molar-refractivity contribution in [2.24, 2.45) is 0 Å². The molecule has 0 saturated carbocycles. The molecule has 9 heteroatoms. The molecule has 0 fully saturated rings. The molecule has 0 heterocycles. The van der Waals surface area contributed by atoms with Crippen LogP contribution < -0.4 is 10.2 Å². The van der Waals surface area contributed by atoms with Gasteiger partial charge in [-0.25, -0.2) is 4.79 Å². The largest absolute Gasteiger partial charge is 0.464 e. The summed E-state index contributed by atoms with van der Waals surface area (Å²) >= 11 is 11.7.